The quantitative estimate of drug-likeness (QED) is 0.859. The number of benzene rings is 1. The summed E-state index contributed by atoms with van der Waals surface area (Å²) >= 11 is 0. The van der Waals surface area contributed by atoms with Crippen molar-refractivity contribution in [1.82, 2.24) is 10.2 Å². The maximum absolute atomic E-state index is 12.3. The Kier molecular flexibility index (Phi) is 5.14. The zero-order chi connectivity index (χ0) is 14.0. The monoisotopic (exact) mass is 297 g/mol. The number of carbonyl (C=O) groups is 2. The van der Waals surface area contributed by atoms with Gasteiger partial charge in [-0.1, -0.05) is 30.3 Å². The van der Waals surface area contributed by atoms with Crippen LogP contribution in [0, 0.1) is 0 Å². The Labute approximate surface area is 124 Å². The topological polar surface area (TPSA) is 75.4 Å². The lowest BCUT2D eigenvalue weighted by Crippen LogP contribution is -2.53. The Bertz CT molecular complexity index is 490. The number of hydrogen-bond donors (Lipinski definition) is 2. The highest BCUT2D eigenvalue weighted by Crippen LogP contribution is 2.18. The lowest BCUT2D eigenvalue weighted by Gasteiger charge is -2.25. The molecule has 1 heterocycles. The second-order valence-corrected chi connectivity index (χ2v) is 5.14. The number of carbonyl (C=O) groups excluding carboxylic acids is 2. The SMILES string of the molecule is CN1CCC(NC(=O)C(C)(N)c2ccccc2)C1=O.Cl. The molecule has 0 aliphatic carbocycles. The third-order valence-corrected chi connectivity index (χ3v) is 3.58. The zero-order valence-corrected chi connectivity index (χ0v) is 12.4. The number of nitrogens with two attached hydrogens (primary N) is 1. The van der Waals surface area contributed by atoms with Crippen LogP contribution in [0.3, 0.4) is 0 Å². The number of hydrogen-bond acceptors (Lipinski definition) is 3. The number of nitrogens with one attached hydrogen (secondary N) is 1. The second-order valence-electron chi connectivity index (χ2n) is 5.14. The fourth-order valence-corrected chi connectivity index (χ4v) is 2.18. The van der Waals surface area contributed by atoms with E-state index in [0.717, 1.165) is 5.56 Å². The smallest absolute Gasteiger partial charge is 0.245 e. The van der Waals surface area contributed by atoms with E-state index >= 15 is 0 Å². The Morgan fingerprint density at radius 1 is 1.40 bits per heavy atom. The number of nitrogens with zero attached hydrogens (tertiary/aromatic N) is 1. The van der Waals surface area contributed by atoms with Crippen molar-refractivity contribution in [2.45, 2.75) is 24.9 Å². The van der Waals surface area contributed by atoms with Crippen molar-refractivity contribution >= 4 is 24.2 Å². The summed E-state index contributed by atoms with van der Waals surface area (Å²) in [5.74, 6) is -0.385. The molecule has 1 aliphatic rings. The van der Waals surface area contributed by atoms with Gasteiger partial charge >= 0.3 is 0 Å². The van der Waals surface area contributed by atoms with Crippen molar-refractivity contribution in [2.24, 2.45) is 5.73 Å². The molecule has 2 unspecified atom stereocenters. The van der Waals surface area contributed by atoms with Crippen molar-refractivity contribution in [1.29, 1.82) is 0 Å². The van der Waals surface area contributed by atoms with E-state index in [1.807, 2.05) is 30.3 Å². The van der Waals surface area contributed by atoms with Crippen LogP contribution >= 0.6 is 12.4 Å². The van der Waals surface area contributed by atoms with Crippen LogP contribution in [0.1, 0.15) is 18.9 Å². The minimum Gasteiger partial charge on any atom is -0.344 e. The fourth-order valence-electron chi connectivity index (χ4n) is 2.18. The van der Waals surface area contributed by atoms with Gasteiger partial charge in [0.05, 0.1) is 0 Å². The first-order valence-electron chi connectivity index (χ1n) is 6.33. The molecule has 20 heavy (non-hydrogen) atoms. The summed E-state index contributed by atoms with van der Waals surface area (Å²) in [7, 11) is 1.73. The molecule has 0 bridgehead atoms. The summed E-state index contributed by atoms with van der Waals surface area (Å²) < 4.78 is 0. The highest BCUT2D eigenvalue weighted by molar-refractivity contribution is 5.93. The average Bonchev–Trinajstić information content (AvgIpc) is 2.71. The van der Waals surface area contributed by atoms with E-state index in [9.17, 15) is 9.59 Å². The first kappa shape index (κ1) is 16.5. The van der Waals surface area contributed by atoms with Crippen LogP contribution in [0.25, 0.3) is 0 Å². The third kappa shape index (κ3) is 3.11. The highest BCUT2D eigenvalue weighted by Gasteiger charge is 2.36. The summed E-state index contributed by atoms with van der Waals surface area (Å²) in [5, 5.41) is 2.74. The molecule has 6 heteroatoms. The normalized spacial score (nSPS) is 21.1. The van der Waals surface area contributed by atoms with Gasteiger partial charge < -0.3 is 16.0 Å². The standard InChI is InChI=1S/C14H19N3O2.ClH/c1-14(15,10-6-4-3-5-7-10)13(19)16-11-8-9-17(2)12(11)18;/h3-7,11H,8-9,15H2,1-2H3,(H,16,19);1H. The minimum absolute atomic E-state index is 0. The molecule has 1 aliphatic heterocycles. The summed E-state index contributed by atoms with van der Waals surface area (Å²) in [6.07, 6.45) is 0.631. The number of rotatable bonds is 3. The molecule has 3 N–H and O–H groups in total. The lowest BCUT2D eigenvalue weighted by atomic mass is 9.92. The second kappa shape index (κ2) is 6.24. The molecule has 1 fully saturated rings. The average molecular weight is 298 g/mol. The largest absolute Gasteiger partial charge is 0.344 e. The van der Waals surface area contributed by atoms with Gasteiger partial charge in [0.15, 0.2) is 0 Å². The van der Waals surface area contributed by atoms with Gasteiger partial charge in [0.25, 0.3) is 0 Å². The van der Waals surface area contributed by atoms with Gasteiger partial charge in [-0.3, -0.25) is 9.59 Å². The summed E-state index contributed by atoms with van der Waals surface area (Å²) in [5.41, 5.74) is 5.69. The van der Waals surface area contributed by atoms with Crippen LogP contribution in [0.2, 0.25) is 0 Å². The van der Waals surface area contributed by atoms with Crippen molar-refractivity contribution in [2.75, 3.05) is 13.6 Å². The molecular weight excluding hydrogens is 278 g/mol. The predicted octanol–water partition coefficient (Wildman–Crippen LogP) is 0.629. The fraction of sp³-hybridized carbons (Fsp3) is 0.429. The number of amides is 2. The van der Waals surface area contributed by atoms with Crippen LogP contribution in [-0.2, 0) is 15.1 Å². The van der Waals surface area contributed by atoms with Gasteiger partial charge in [-0.15, -0.1) is 12.4 Å². The van der Waals surface area contributed by atoms with Gasteiger partial charge in [-0.05, 0) is 18.9 Å². The number of likely N-dealkylation sites (N-methyl/N-ethyl adjacent to an activating group) is 1. The first-order chi connectivity index (χ1) is 8.93. The predicted molar refractivity (Wildman–Crippen MR) is 79.4 cm³/mol. The zero-order valence-electron chi connectivity index (χ0n) is 11.6. The van der Waals surface area contributed by atoms with E-state index in [1.165, 1.54) is 0 Å². The van der Waals surface area contributed by atoms with Crippen molar-refractivity contribution in [3.63, 3.8) is 0 Å². The van der Waals surface area contributed by atoms with E-state index in [4.69, 9.17) is 5.73 Å². The van der Waals surface area contributed by atoms with E-state index in [0.29, 0.717) is 13.0 Å². The molecule has 0 aromatic heterocycles. The van der Waals surface area contributed by atoms with E-state index in [2.05, 4.69) is 5.32 Å². The number of halogens is 1. The lowest BCUT2D eigenvalue weighted by molar-refractivity contribution is -0.133. The molecule has 2 atom stereocenters. The summed E-state index contributed by atoms with van der Waals surface area (Å²) in [6.45, 7) is 2.32. The van der Waals surface area contributed by atoms with Gasteiger partial charge in [-0.25, -0.2) is 0 Å². The molecule has 1 saturated heterocycles. The molecule has 0 radical (unpaired) electrons. The molecule has 2 rings (SSSR count). The van der Waals surface area contributed by atoms with Gasteiger partial charge in [0.1, 0.15) is 11.6 Å². The Hall–Kier alpha value is -1.59. The first-order valence-corrected chi connectivity index (χ1v) is 6.33. The van der Waals surface area contributed by atoms with Gasteiger partial charge in [0.2, 0.25) is 11.8 Å². The maximum Gasteiger partial charge on any atom is 0.245 e. The van der Waals surface area contributed by atoms with Gasteiger partial charge in [0, 0.05) is 13.6 Å². The van der Waals surface area contributed by atoms with Gasteiger partial charge in [-0.2, -0.15) is 0 Å². The Balaban J connectivity index is 0.00000200. The van der Waals surface area contributed by atoms with Crippen LogP contribution in [0.5, 0.6) is 0 Å². The molecule has 0 spiro atoms. The van der Waals surface area contributed by atoms with Crippen molar-refractivity contribution in [3.05, 3.63) is 35.9 Å². The van der Waals surface area contributed by atoms with Crippen molar-refractivity contribution < 1.29 is 9.59 Å². The molecule has 1 aromatic carbocycles. The van der Waals surface area contributed by atoms with E-state index in [1.54, 1.807) is 18.9 Å². The number of likely N-dealkylation sites (tertiary alicyclic amines) is 1. The minimum atomic E-state index is -1.14. The molecule has 2 amide bonds. The molecule has 1 aromatic rings. The Morgan fingerprint density at radius 2 is 2.00 bits per heavy atom. The molecule has 5 nitrogen and oxygen atoms in total. The van der Waals surface area contributed by atoms with E-state index in [-0.39, 0.29) is 24.2 Å². The molecule has 110 valence electrons. The summed E-state index contributed by atoms with van der Waals surface area (Å²) in [6, 6.07) is 8.70. The van der Waals surface area contributed by atoms with E-state index < -0.39 is 11.6 Å². The third-order valence-electron chi connectivity index (χ3n) is 3.58. The van der Waals surface area contributed by atoms with Crippen molar-refractivity contribution in [3.8, 4) is 0 Å². The van der Waals surface area contributed by atoms with Crippen LogP contribution in [0.4, 0.5) is 0 Å². The Morgan fingerprint density at radius 3 is 2.50 bits per heavy atom. The molecular formula is C14H20ClN3O2. The molecule has 0 saturated carbocycles. The summed E-state index contributed by atoms with van der Waals surface area (Å²) in [4.78, 5) is 25.7. The highest BCUT2D eigenvalue weighted by atomic mass is 35.5. The maximum atomic E-state index is 12.3. The van der Waals surface area contributed by atoms with Crippen LogP contribution in [0.15, 0.2) is 30.3 Å². The van der Waals surface area contributed by atoms with Crippen LogP contribution in [-0.4, -0.2) is 36.3 Å². The van der Waals surface area contributed by atoms with Crippen LogP contribution < -0.4 is 11.1 Å².